The maximum Gasteiger partial charge on any atom is 0.228 e. The Labute approximate surface area is 158 Å². The van der Waals surface area contributed by atoms with Crippen LogP contribution in [0, 0.1) is 11.2 Å². The summed E-state index contributed by atoms with van der Waals surface area (Å²) in [4.78, 5) is 17.1. The van der Waals surface area contributed by atoms with Crippen LogP contribution < -0.4 is 15.4 Å². The lowest BCUT2D eigenvalue weighted by atomic mass is 9.78. The molecule has 1 fully saturated rings. The van der Waals surface area contributed by atoms with Gasteiger partial charge in [0.15, 0.2) is 0 Å². The number of halogens is 1. The molecule has 1 amide bonds. The number of benzene rings is 1. The van der Waals surface area contributed by atoms with Crippen molar-refractivity contribution in [2.45, 2.75) is 19.4 Å². The largest absolute Gasteiger partial charge is 0.439 e. The van der Waals surface area contributed by atoms with Gasteiger partial charge in [0.2, 0.25) is 11.8 Å². The normalized spacial score (nSPS) is 15.9. The van der Waals surface area contributed by atoms with Gasteiger partial charge in [-0.25, -0.2) is 9.37 Å². The van der Waals surface area contributed by atoms with Crippen LogP contribution in [0.3, 0.4) is 0 Å². The van der Waals surface area contributed by atoms with E-state index in [1.165, 1.54) is 12.1 Å². The number of nitrogens with zero attached hydrogens (tertiary/aromatic N) is 1. The molecule has 1 aromatic carbocycles. The first-order valence-corrected chi connectivity index (χ1v) is 8.98. The van der Waals surface area contributed by atoms with Gasteiger partial charge >= 0.3 is 0 Å². The first-order chi connectivity index (χ1) is 13.1. The third-order valence-electron chi connectivity index (χ3n) is 4.76. The molecule has 2 heterocycles. The van der Waals surface area contributed by atoms with E-state index in [0.29, 0.717) is 18.2 Å². The van der Waals surface area contributed by atoms with E-state index >= 15 is 0 Å². The van der Waals surface area contributed by atoms with Crippen LogP contribution in [0.2, 0.25) is 0 Å². The molecule has 0 radical (unpaired) electrons. The third kappa shape index (κ3) is 4.81. The van der Waals surface area contributed by atoms with Crippen LogP contribution in [0.5, 0.6) is 11.6 Å². The number of hydrogen-bond acceptors (Lipinski definition) is 5. The summed E-state index contributed by atoms with van der Waals surface area (Å²) in [5.74, 6) is 0.280. The van der Waals surface area contributed by atoms with Crippen LogP contribution in [0.15, 0.2) is 42.6 Å². The second-order valence-electron chi connectivity index (χ2n) is 6.67. The second kappa shape index (κ2) is 8.92. The van der Waals surface area contributed by atoms with Crippen molar-refractivity contribution in [1.29, 1.82) is 0 Å². The summed E-state index contributed by atoms with van der Waals surface area (Å²) in [6, 6.07) is 9.46. The average molecular weight is 373 g/mol. The van der Waals surface area contributed by atoms with Crippen molar-refractivity contribution in [1.82, 2.24) is 15.6 Å². The van der Waals surface area contributed by atoms with E-state index in [2.05, 4.69) is 15.6 Å². The quantitative estimate of drug-likeness (QED) is 0.781. The van der Waals surface area contributed by atoms with Crippen LogP contribution in [0.1, 0.15) is 18.4 Å². The number of carbonyl (C=O) groups excluding carboxylic acids is 1. The van der Waals surface area contributed by atoms with Crippen LogP contribution >= 0.6 is 0 Å². The molecule has 27 heavy (non-hydrogen) atoms. The van der Waals surface area contributed by atoms with E-state index in [1.807, 2.05) is 6.07 Å². The first-order valence-electron chi connectivity index (χ1n) is 8.98. The number of hydrogen-bond donors (Lipinski definition) is 2. The van der Waals surface area contributed by atoms with Gasteiger partial charge in [0.25, 0.3) is 0 Å². The maximum absolute atomic E-state index is 13.4. The van der Waals surface area contributed by atoms with Gasteiger partial charge in [-0.2, -0.15) is 0 Å². The van der Waals surface area contributed by atoms with Crippen LogP contribution in [0.4, 0.5) is 4.39 Å². The van der Waals surface area contributed by atoms with Gasteiger partial charge in [0, 0.05) is 31.5 Å². The maximum atomic E-state index is 13.4. The Balaban J connectivity index is 1.69. The summed E-state index contributed by atoms with van der Waals surface area (Å²) in [5, 5.41) is 6.26. The summed E-state index contributed by atoms with van der Waals surface area (Å²) in [5.41, 5.74) is 0.197. The van der Waals surface area contributed by atoms with Gasteiger partial charge < -0.3 is 20.1 Å². The van der Waals surface area contributed by atoms with Crippen molar-refractivity contribution < 1.29 is 18.7 Å². The summed E-state index contributed by atoms with van der Waals surface area (Å²) in [6.07, 6.45) is 3.05. The number of piperidine rings is 1. The van der Waals surface area contributed by atoms with Crippen molar-refractivity contribution in [2.24, 2.45) is 5.41 Å². The first kappa shape index (κ1) is 19.3. The van der Waals surface area contributed by atoms with E-state index in [0.717, 1.165) is 31.5 Å². The molecular formula is C20H24FN3O3. The highest BCUT2D eigenvalue weighted by atomic mass is 19.1. The van der Waals surface area contributed by atoms with E-state index in [1.54, 1.807) is 31.5 Å². The third-order valence-corrected chi connectivity index (χ3v) is 4.76. The standard InChI is InChI=1S/C20H24FN3O3/c1-26-14-20(7-10-22-11-8-20)19(25)24-13-15-4-3-9-23-18(15)27-17-6-2-5-16(21)12-17/h2-6,9,12,22H,7-8,10-11,13-14H2,1H3,(H,24,25). The molecule has 3 rings (SSSR count). The molecule has 1 aromatic heterocycles. The fraction of sp³-hybridized carbons (Fsp3) is 0.400. The summed E-state index contributed by atoms with van der Waals surface area (Å²) < 4.78 is 24.4. The Bertz CT molecular complexity index is 773. The summed E-state index contributed by atoms with van der Waals surface area (Å²) in [6.45, 7) is 2.24. The highest BCUT2D eigenvalue weighted by Gasteiger charge is 2.39. The monoisotopic (exact) mass is 373 g/mol. The molecule has 6 nitrogen and oxygen atoms in total. The minimum atomic E-state index is -0.522. The Morgan fingerprint density at radius 1 is 1.30 bits per heavy atom. The molecule has 0 spiro atoms. The van der Waals surface area contributed by atoms with Crippen molar-refractivity contribution in [2.75, 3.05) is 26.8 Å². The number of nitrogens with one attached hydrogen (secondary N) is 2. The molecular weight excluding hydrogens is 349 g/mol. The number of rotatable bonds is 7. The van der Waals surface area contributed by atoms with Crippen LogP contribution in [0.25, 0.3) is 0 Å². The Morgan fingerprint density at radius 2 is 2.11 bits per heavy atom. The lowest BCUT2D eigenvalue weighted by Crippen LogP contribution is -2.50. The molecule has 0 unspecified atom stereocenters. The number of amides is 1. The molecule has 144 valence electrons. The van der Waals surface area contributed by atoms with E-state index < -0.39 is 5.41 Å². The lowest BCUT2D eigenvalue weighted by Gasteiger charge is -2.35. The van der Waals surface area contributed by atoms with Crippen molar-refractivity contribution >= 4 is 5.91 Å². The van der Waals surface area contributed by atoms with E-state index in [4.69, 9.17) is 9.47 Å². The molecule has 1 saturated heterocycles. The highest BCUT2D eigenvalue weighted by Crippen LogP contribution is 2.30. The Kier molecular flexibility index (Phi) is 6.36. The topological polar surface area (TPSA) is 72.5 Å². The number of ether oxygens (including phenoxy) is 2. The van der Waals surface area contributed by atoms with Gasteiger partial charge in [-0.15, -0.1) is 0 Å². The molecule has 0 atom stereocenters. The fourth-order valence-electron chi connectivity index (χ4n) is 3.27. The summed E-state index contributed by atoms with van der Waals surface area (Å²) >= 11 is 0. The average Bonchev–Trinajstić information content (AvgIpc) is 2.68. The molecule has 2 N–H and O–H groups in total. The predicted molar refractivity (Wildman–Crippen MR) is 99.0 cm³/mol. The van der Waals surface area contributed by atoms with Crippen LogP contribution in [-0.2, 0) is 16.1 Å². The minimum Gasteiger partial charge on any atom is -0.439 e. The molecule has 0 bridgehead atoms. The summed E-state index contributed by atoms with van der Waals surface area (Å²) in [7, 11) is 1.61. The zero-order chi connectivity index (χ0) is 19.1. The van der Waals surface area contributed by atoms with Gasteiger partial charge in [-0.05, 0) is 44.1 Å². The number of carbonyl (C=O) groups is 1. The molecule has 1 aliphatic rings. The molecule has 1 aliphatic heterocycles. The highest BCUT2D eigenvalue weighted by molar-refractivity contribution is 5.83. The van der Waals surface area contributed by atoms with Gasteiger partial charge in [-0.3, -0.25) is 4.79 Å². The molecule has 0 aliphatic carbocycles. The Hall–Kier alpha value is -2.51. The van der Waals surface area contributed by atoms with E-state index in [9.17, 15) is 9.18 Å². The lowest BCUT2D eigenvalue weighted by molar-refractivity contribution is -0.136. The predicted octanol–water partition coefficient (Wildman–Crippen LogP) is 2.65. The van der Waals surface area contributed by atoms with E-state index in [-0.39, 0.29) is 18.3 Å². The van der Waals surface area contributed by atoms with Crippen LogP contribution in [-0.4, -0.2) is 37.7 Å². The van der Waals surface area contributed by atoms with Gasteiger partial charge in [-0.1, -0.05) is 12.1 Å². The van der Waals surface area contributed by atoms with Gasteiger partial charge in [0.05, 0.1) is 12.0 Å². The SMILES string of the molecule is COCC1(C(=O)NCc2cccnc2Oc2cccc(F)c2)CCNCC1. The number of aromatic nitrogens is 1. The fourth-order valence-corrected chi connectivity index (χ4v) is 3.27. The molecule has 7 heteroatoms. The van der Waals surface area contributed by atoms with Crippen molar-refractivity contribution in [3.63, 3.8) is 0 Å². The van der Waals surface area contributed by atoms with Gasteiger partial charge in [0.1, 0.15) is 11.6 Å². The molecule has 2 aromatic rings. The number of methoxy groups -OCH3 is 1. The number of pyridine rings is 1. The van der Waals surface area contributed by atoms with Crippen molar-refractivity contribution in [3.8, 4) is 11.6 Å². The second-order valence-corrected chi connectivity index (χ2v) is 6.67. The zero-order valence-electron chi connectivity index (χ0n) is 15.3. The molecule has 0 saturated carbocycles. The minimum absolute atomic E-state index is 0.0357. The smallest absolute Gasteiger partial charge is 0.228 e. The Morgan fingerprint density at radius 3 is 2.85 bits per heavy atom. The zero-order valence-corrected chi connectivity index (χ0v) is 15.3. The van der Waals surface area contributed by atoms with Crippen molar-refractivity contribution in [3.05, 3.63) is 54.0 Å².